The average molecular weight is 286 g/mol. The number of hydrogen-bond acceptors (Lipinski definition) is 4. The molecule has 1 aromatic carbocycles. The summed E-state index contributed by atoms with van der Waals surface area (Å²) < 4.78 is 10.9. The monoisotopic (exact) mass is 286 g/mol. The van der Waals surface area contributed by atoms with Gasteiger partial charge in [0, 0.05) is 19.5 Å². The minimum Gasteiger partial charge on any atom is -0.488 e. The minimum atomic E-state index is 0.00528. The van der Waals surface area contributed by atoms with E-state index in [4.69, 9.17) is 9.26 Å². The molecule has 5 nitrogen and oxygen atoms in total. The number of likely N-dealkylation sites (N-methyl/N-ethyl adjacent to an activating group) is 1. The lowest BCUT2D eigenvalue weighted by Gasteiger charge is -2.20. The molecule has 0 N–H and O–H groups in total. The fraction of sp³-hybridized carbons (Fsp3) is 0.375. The van der Waals surface area contributed by atoms with Gasteiger partial charge in [-0.1, -0.05) is 23.4 Å². The Bertz CT molecular complexity index is 625. The van der Waals surface area contributed by atoms with Gasteiger partial charge in [-0.15, -0.1) is 0 Å². The zero-order valence-electron chi connectivity index (χ0n) is 12.2. The van der Waals surface area contributed by atoms with Crippen LogP contribution in [0, 0.1) is 6.92 Å². The van der Waals surface area contributed by atoms with Gasteiger partial charge in [-0.2, -0.15) is 0 Å². The molecule has 1 atom stereocenters. The van der Waals surface area contributed by atoms with Gasteiger partial charge >= 0.3 is 0 Å². The SMILES string of the molecule is Cc1cc(CC(=O)N(C)C[C@H]2Cc3ccccc3O2)on1. The molecule has 110 valence electrons. The molecule has 0 radical (unpaired) electrons. The molecule has 0 aliphatic carbocycles. The van der Waals surface area contributed by atoms with E-state index in [-0.39, 0.29) is 18.4 Å². The van der Waals surface area contributed by atoms with Crippen LogP contribution in [0.1, 0.15) is 17.0 Å². The van der Waals surface area contributed by atoms with Gasteiger partial charge in [0.1, 0.15) is 17.6 Å². The molecule has 0 bridgehead atoms. The van der Waals surface area contributed by atoms with Crippen molar-refractivity contribution in [3.8, 4) is 5.75 Å². The summed E-state index contributed by atoms with van der Waals surface area (Å²) in [5.41, 5.74) is 1.99. The Labute approximate surface area is 123 Å². The third-order valence-corrected chi connectivity index (χ3v) is 3.62. The maximum Gasteiger partial charge on any atom is 0.230 e. The number of carbonyl (C=O) groups excluding carboxylic acids is 1. The molecule has 0 unspecified atom stereocenters. The van der Waals surface area contributed by atoms with E-state index >= 15 is 0 Å². The fourth-order valence-corrected chi connectivity index (χ4v) is 2.55. The Morgan fingerprint density at radius 3 is 2.95 bits per heavy atom. The number of aryl methyl sites for hydroxylation is 1. The number of fused-ring (bicyclic) bond motifs is 1. The lowest BCUT2D eigenvalue weighted by molar-refractivity contribution is -0.130. The van der Waals surface area contributed by atoms with Crippen LogP contribution in [0.25, 0.3) is 0 Å². The van der Waals surface area contributed by atoms with Gasteiger partial charge in [0.2, 0.25) is 5.91 Å². The third-order valence-electron chi connectivity index (χ3n) is 3.62. The summed E-state index contributed by atoms with van der Waals surface area (Å²) in [4.78, 5) is 13.9. The van der Waals surface area contributed by atoms with Crippen molar-refractivity contribution >= 4 is 5.91 Å². The maximum absolute atomic E-state index is 12.2. The Balaban J connectivity index is 1.55. The Morgan fingerprint density at radius 1 is 1.43 bits per heavy atom. The normalized spacial score (nSPS) is 16.4. The fourth-order valence-electron chi connectivity index (χ4n) is 2.55. The van der Waals surface area contributed by atoms with E-state index in [0.717, 1.165) is 17.9 Å². The molecule has 3 rings (SSSR count). The van der Waals surface area contributed by atoms with Crippen molar-refractivity contribution in [1.29, 1.82) is 0 Å². The molecule has 21 heavy (non-hydrogen) atoms. The van der Waals surface area contributed by atoms with E-state index in [0.29, 0.717) is 12.3 Å². The molecule has 0 fully saturated rings. The molecule has 2 heterocycles. The van der Waals surface area contributed by atoms with Crippen molar-refractivity contribution in [2.45, 2.75) is 25.9 Å². The van der Waals surface area contributed by atoms with E-state index in [2.05, 4.69) is 11.2 Å². The number of aromatic nitrogens is 1. The number of rotatable bonds is 4. The molecule has 5 heteroatoms. The summed E-state index contributed by atoms with van der Waals surface area (Å²) >= 11 is 0. The third kappa shape index (κ3) is 3.07. The van der Waals surface area contributed by atoms with E-state index in [1.807, 2.05) is 25.1 Å². The smallest absolute Gasteiger partial charge is 0.230 e. The lowest BCUT2D eigenvalue weighted by atomic mass is 10.1. The second-order valence-corrected chi connectivity index (χ2v) is 5.44. The topological polar surface area (TPSA) is 55.6 Å². The van der Waals surface area contributed by atoms with E-state index in [9.17, 15) is 4.79 Å². The number of benzene rings is 1. The van der Waals surface area contributed by atoms with Crippen molar-refractivity contribution in [1.82, 2.24) is 10.1 Å². The first-order valence-corrected chi connectivity index (χ1v) is 7.02. The summed E-state index contributed by atoms with van der Waals surface area (Å²) in [7, 11) is 1.79. The first-order chi connectivity index (χ1) is 10.1. The van der Waals surface area contributed by atoms with Crippen LogP contribution in [0.5, 0.6) is 5.75 Å². The molecule has 2 aromatic rings. The first kappa shape index (κ1) is 13.7. The van der Waals surface area contributed by atoms with Crippen LogP contribution in [-0.2, 0) is 17.6 Å². The highest BCUT2D eigenvalue weighted by Crippen LogP contribution is 2.28. The minimum absolute atomic E-state index is 0.00528. The van der Waals surface area contributed by atoms with Crippen LogP contribution in [0.2, 0.25) is 0 Å². The predicted octanol–water partition coefficient (Wildman–Crippen LogP) is 1.99. The van der Waals surface area contributed by atoms with Gasteiger partial charge in [-0.3, -0.25) is 4.79 Å². The van der Waals surface area contributed by atoms with E-state index in [1.165, 1.54) is 5.56 Å². The van der Waals surface area contributed by atoms with Crippen molar-refractivity contribution in [3.63, 3.8) is 0 Å². The second kappa shape index (κ2) is 5.60. The van der Waals surface area contributed by atoms with Crippen LogP contribution >= 0.6 is 0 Å². The predicted molar refractivity (Wildman–Crippen MR) is 77.1 cm³/mol. The van der Waals surface area contributed by atoms with Crippen molar-refractivity contribution in [2.24, 2.45) is 0 Å². The van der Waals surface area contributed by atoms with Crippen LogP contribution in [0.4, 0.5) is 0 Å². The standard InChI is InChI=1S/C16H18N2O3/c1-11-7-13(21-17-11)9-16(19)18(2)10-14-8-12-5-3-4-6-15(12)20-14/h3-7,14H,8-10H2,1-2H3/t14-/m1/s1. The Hall–Kier alpha value is -2.30. The van der Waals surface area contributed by atoms with E-state index in [1.54, 1.807) is 18.0 Å². The number of ether oxygens (including phenoxy) is 1. The number of nitrogens with zero attached hydrogens (tertiary/aromatic N) is 2. The summed E-state index contributed by atoms with van der Waals surface area (Å²) in [5.74, 6) is 1.53. The first-order valence-electron chi connectivity index (χ1n) is 7.02. The summed E-state index contributed by atoms with van der Waals surface area (Å²) in [5, 5.41) is 3.79. The van der Waals surface area contributed by atoms with Crippen LogP contribution in [-0.4, -0.2) is 35.7 Å². The summed E-state index contributed by atoms with van der Waals surface area (Å²) in [6.07, 6.45) is 1.10. The lowest BCUT2D eigenvalue weighted by Crippen LogP contribution is -2.37. The van der Waals surface area contributed by atoms with Crippen molar-refractivity contribution in [3.05, 3.63) is 47.3 Å². The number of carbonyl (C=O) groups is 1. The van der Waals surface area contributed by atoms with Crippen LogP contribution in [0.15, 0.2) is 34.9 Å². The Morgan fingerprint density at radius 2 is 2.24 bits per heavy atom. The summed E-state index contributed by atoms with van der Waals surface area (Å²) in [6, 6.07) is 9.78. The largest absolute Gasteiger partial charge is 0.488 e. The number of amides is 1. The highest BCUT2D eigenvalue weighted by Gasteiger charge is 2.25. The Kier molecular flexibility index (Phi) is 3.64. The zero-order valence-corrected chi connectivity index (χ0v) is 12.2. The van der Waals surface area contributed by atoms with Gasteiger partial charge in [0.25, 0.3) is 0 Å². The zero-order chi connectivity index (χ0) is 14.8. The average Bonchev–Trinajstić information content (AvgIpc) is 3.04. The molecule has 1 aliphatic rings. The van der Waals surface area contributed by atoms with Gasteiger partial charge in [-0.05, 0) is 18.6 Å². The van der Waals surface area contributed by atoms with Crippen molar-refractivity contribution in [2.75, 3.05) is 13.6 Å². The molecule has 1 aliphatic heterocycles. The van der Waals surface area contributed by atoms with Crippen LogP contribution < -0.4 is 4.74 Å². The number of hydrogen-bond donors (Lipinski definition) is 0. The van der Waals surface area contributed by atoms with Crippen LogP contribution in [0.3, 0.4) is 0 Å². The second-order valence-electron chi connectivity index (χ2n) is 5.44. The summed E-state index contributed by atoms with van der Waals surface area (Å²) in [6.45, 7) is 2.41. The van der Waals surface area contributed by atoms with Crippen molar-refractivity contribution < 1.29 is 14.1 Å². The molecule has 1 amide bonds. The van der Waals surface area contributed by atoms with Gasteiger partial charge in [0.05, 0.1) is 18.7 Å². The molecular weight excluding hydrogens is 268 g/mol. The molecule has 0 saturated heterocycles. The molecule has 0 saturated carbocycles. The number of para-hydroxylation sites is 1. The molecular formula is C16H18N2O3. The molecule has 0 spiro atoms. The highest BCUT2D eigenvalue weighted by molar-refractivity contribution is 5.77. The van der Waals surface area contributed by atoms with E-state index < -0.39 is 0 Å². The van der Waals surface area contributed by atoms with Gasteiger partial charge in [-0.25, -0.2) is 0 Å². The highest BCUT2D eigenvalue weighted by atomic mass is 16.5. The quantitative estimate of drug-likeness (QED) is 0.862. The maximum atomic E-state index is 12.2. The molecule has 1 aromatic heterocycles. The van der Waals surface area contributed by atoms with Gasteiger partial charge in [0.15, 0.2) is 0 Å². The van der Waals surface area contributed by atoms with Gasteiger partial charge < -0.3 is 14.2 Å².